The van der Waals surface area contributed by atoms with Crippen LogP contribution in [-0.4, -0.2) is 50.1 Å². The van der Waals surface area contributed by atoms with E-state index in [1.807, 2.05) is 35.0 Å². The van der Waals surface area contributed by atoms with Gasteiger partial charge in [0.25, 0.3) is 0 Å². The van der Waals surface area contributed by atoms with E-state index in [-0.39, 0.29) is 11.9 Å². The van der Waals surface area contributed by atoms with Crippen LogP contribution in [0.15, 0.2) is 24.3 Å². The molecule has 0 N–H and O–H groups in total. The lowest BCUT2D eigenvalue weighted by Gasteiger charge is -2.21. The van der Waals surface area contributed by atoms with Crippen LogP contribution in [0.1, 0.15) is 18.9 Å². The van der Waals surface area contributed by atoms with Gasteiger partial charge in [-0.2, -0.15) is 0 Å². The number of ether oxygens (including phenoxy) is 1. The van der Waals surface area contributed by atoms with Gasteiger partial charge in [0.15, 0.2) is 0 Å². The molecule has 1 heterocycles. The van der Waals surface area contributed by atoms with Crippen LogP contribution < -0.4 is 4.90 Å². The van der Waals surface area contributed by atoms with Crippen LogP contribution in [0.5, 0.6) is 0 Å². The Kier molecular flexibility index (Phi) is 5.33. The third-order valence-electron chi connectivity index (χ3n) is 3.60. The monoisotopic (exact) mass is 290 g/mol. The summed E-state index contributed by atoms with van der Waals surface area (Å²) in [7, 11) is 1.85. The smallest absolute Gasteiger partial charge is 0.307 e. The number of amides is 1. The van der Waals surface area contributed by atoms with Gasteiger partial charge in [-0.3, -0.25) is 14.5 Å². The maximum atomic E-state index is 12.4. The molecular formula is C16H22N2O3. The molecule has 1 aromatic rings. The number of likely N-dealkylation sites (N-methyl/N-ethyl adjacent to an activating group) is 1. The molecule has 0 aromatic heterocycles. The van der Waals surface area contributed by atoms with E-state index in [4.69, 9.17) is 4.74 Å². The molecule has 0 unspecified atom stereocenters. The fourth-order valence-electron chi connectivity index (χ4n) is 2.51. The highest BCUT2D eigenvalue weighted by molar-refractivity contribution is 5.96. The molecule has 0 atom stereocenters. The van der Waals surface area contributed by atoms with E-state index in [1.165, 1.54) is 5.56 Å². The zero-order valence-corrected chi connectivity index (χ0v) is 12.7. The van der Waals surface area contributed by atoms with Crippen LogP contribution in [0.25, 0.3) is 0 Å². The molecule has 0 fully saturated rings. The van der Waals surface area contributed by atoms with Crippen LogP contribution in [0.4, 0.5) is 5.69 Å². The first-order valence-electron chi connectivity index (χ1n) is 7.34. The summed E-state index contributed by atoms with van der Waals surface area (Å²) in [4.78, 5) is 27.4. The van der Waals surface area contributed by atoms with Crippen molar-refractivity contribution in [2.45, 2.75) is 19.8 Å². The Morgan fingerprint density at radius 2 is 2.10 bits per heavy atom. The van der Waals surface area contributed by atoms with E-state index in [0.717, 1.165) is 18.7 Å². The second-order valence-corrected chi connectivity index (χ2v) is 5.22. The Morgan fingerprint density at radius 3 is 2.86 bits per heavy atom. The number of rotatable bonds is 6. The Morgan fingerprint density at radius 1 is 1.33 bits per heavy atom. The maximum absolute atomic E-state index is 12.4. The molecule has 0 saturated carbocycles. The van der Waals surface area contributed by atoms with Crippen molar-refractivity contribution in [1.29, 1.82) is 0 Å². The van der Waals surface area contributed by atoms with Crippen LogP contribution in [0.2, 0.25) is 0 Å². The number of carbonyl (C=O) groups excluding carboxylic acids is 2. The molecule has 21 heavy (non-hydrogen) atoms. The lowest BCUT2D eigenvalue weighted by Crippen LogP contribution is -2.38. The number of fused-ring (bicyclic) bond motifs is 1. The van der Waals surface area contributed by atoms with E-state index < -0.39 is 0 Å². The van der Waals surface area contributed by atoms with Gasteiger partial charge >= 0.3 is 5.97 Å². The quantitative estimate of drug-likeness (QED) is 0.744. The summed E-state index contributed by atoms with van der Waals surface area (Å²) in [5.74, 6) is -0.144. The molecule has 5 heteroatoms. The molecular weight excluding hydrogens is 268 g/mol. The minimum Gasteiger partial charge on any atom is -0.466 e. The van der Waals surface area contributed by atoms with Gasteiger partial charge in [-0.1, -0.05) is 18.2 Å². The Hall–Kier alpha value is -1.88. The average molecular weight is 290 g/mol. The zero-order chi connectivity index (χ0) is 15.2. The number of nitrogens with zero attached hydrogens (tertiary/aromatic N) is 2. The Balaban J connectivity index is 1.84. The zero-order valence-electron chi connectivity index (χ0n) is 12.7. The second kappa shape index (κ2) is 7.22. The Bertz CT molecular complexity index is 516. The molecule has 1 aliphatic heterocycles. The second-order valence-electron chi connectivity index (χ2n) is 5.22. The highest BCUT2D eigenvalue weighted by Gasteiger charge is 2.24. The van der Waals surface area contributed by atoms with E-state index in [2.05, 4.69) is 6.07 Å². The normalized spacial score (nSPS) is 13.4. The molecule has 114 valence electrons. The summed E-state index contributed by atoms with van der Waals surface area (Å²) in [5.41, 5.74) is 2.24. The van der Waals surface area contributed by atoms with Crippen LogP contribution >= 0.6 is 0 Å². The lowest BCUT2D eigenvalue weighted by molar-refractivity contribution is -0.143. The summed E-state index contributed by atoms with van der Waals surface area (Å²) in [6.07, 6.45) is 1.22. The molecule has 2 rings (SSSR count). The summed E-state index contributed by atoms with van der Waals surface area (Å²) in [6.45, 7) is 3.76. The number of hydrogen-bond acceptors (Lipinski definition) is 4. The number of esters is 1. The molecule has 5 nitrogen and oxygen atoms in total. The van der Waals surface area contributed by atoms with Crippen molar-refractivity contribution in [2.75, 3.05) is 38.2 Å². The van der Waals surface area contributed by atoms with Crippen molar-refractivity contribution in [2.24, 2.45) is 0 Å². The van der Waals surface area contributed by atoms with Gasteiger partial charge in [-0.15, -0.1) is 0 Å². The fraction of sp³-hybridized carbons (Fsp3) is 0.500. The summed E-state index contributed by atoms with van der Waals surface area (Å²) in [6, 6.07) is 8.00. The third-order valence-corrected chi connectivity index (χ3v) is 3.60. The summed E-state index contributed by atoms with van der Waals surface area (Å²) < 4.78 is 4.88. The standard InChI is InChI=1S/C16H22N2O3/c1-3-21-16(20)9-10-17(2)12-15(19)18-11-8-13-6-4-5-7-14(13)18/h4-7H,3,8-12H2,1-2H3. The van der Waals surface area contributed by atoms with Crippen molar-refractivity contribution >= 4 is 17.6 Å². The topological polar surface area (TPSA) is 49.9 Å². The van der Waals surface area contributed by atoms with Crippen LogP contribution in [0.3, 0.4) is 0 Å². The van der Waals surface area contributed by atoms with E-state index in [1.54, 1.807) is 6.92 Å². The van der Waals surface area contributed by atoms with Crippen molar-refractivity contribution in [3.05, 3.63) is 29.8 Å². The minimum atomic E-state index is -0.219. The van der Waals surface area contributed by atoms with Crippen LogP contribution in [-0.2, 0) is 20.7 Å². The molecule has 0 saturated heterocycles. The lowest BCUT2D eigenvalue weighted by atomic mass is 10.2. The fourth-order valence-corrected chi connectivity index (χ4v) is 2.51. The first kappa shape index (κ1) is 15.5. The van der Waals surface area contributed by atoms with Gasteiger partial charge in [-0.25, -0.2) is 0 Å². The van der Waals surface area contributed by atoms with Crippen molar-refractivity contribution in [3.8, 4) is 0 Å². The van der Waals surface area contributed by atoms with Gasteiger partial charge in [0.2, 0.25) is 5.91 Å². The molecule has 0 bridgehead atoms. The molecule has 1 amide bonds. The number of carbonyl (C=O) groups is 2. The van der Waals surface area contributed by atoms with Gasteiger partial charge in [-0.05, 0) is 32.0 Å². The molecule has 0 spiro atoms. The van der Waals surface area contributed by atoms with Gasteiger partial charge in [0, 0.05) is 18.8 Å². The van der Waals surface area contributed by atoms with E-state index in [9.17, 15) is 9.59 Å². The third kappa shape index (κ3) is 4.04. The highest BCUT2D eigenvalue weighted by atomic mass is 16.5. The molecule has 1 aromatic carbocycles. The number of hydrogen-bond donors (Lipinski definition) is 0. The largest absolute Gasteiger partial charge is 0.466 e. The maximum Gasteiger partial charge on any atom is 0.307 e. The molecule has 0 aliphatic carbocycles. The van der Waals surface area contributed by atoms with E-state index in [0.29, 0.717) is 26.1 Å². The number of benzene rings is 1. The van der Waals surface area contributed by atoms with Crippen molar-refractivity contribution < 1.29 is 14.3 Å². The highest BCUT2D eigenvalue weighted by Crippen LogP contribution is 2.27. The van der Waals surface area contributed by atoms with E-state index >= 15 is 0 Å². The molecule has 0 radical (unpaired) electrons. The predicted octanol–water partition coefficient (Wildman–Crippen LogP) is 1.46. The van der Waals surface area contributed by atoms with Crippen LogP contribution in [0, 0.1) is 0 Å². The van der Waals surface area contributed by atoms with Crippen molar-refractivity contribution in [3.63, 3.8) is 0 Å². The predicted molar refractivity (Wildman–Crippen MR) is 81.2 cm³/mol. The van der Waals surface area contributed by atoms with Gasteiger partial charge in [0.1, 0.15) is 0 Å². The number of anilines is 1. The number of para-hydroxylation sites is 1. The summed E-state index contributed by atoms with van der Waals surface area (Å²) >= 11 is 0. The molecule has 1 aliphatic rings. The first-order valence-corrected chi connectivity index (χ1v) is 7.34. The van der Waals surface area contributed by atoms with Gasteiger partial charge in [0.05, 0.1) is 19.6 Å². The van der Waals surface area contributed by atoms with Gasteiger partial charge < -0.3 is 9.64 Å². The first-order chi connectivity index (χ1) is 10.1. The average Bonchev–Trinajstić information content (AvgIpc) is 2.89. The minimum absolute atomic E-state index is 0.0753. The van der Waals surface area contributed by atoms with Crippen molar-refractivity contribution in [1.82, 2.24) is 4.90 Å². The SMILES string of the molecule is CCOC(=O)CCN(C)CC(=O)N1CCc2ccccc21. The Labute approximate surface area is 125 Å². The summed E-state index contributed by atoms with van der Waals surface area (Å²) in [5, 5.41) is 0.